The summed E-state index contributed by atoms with van der Waals surface area (Å²) in [5.74, 6) is -0.950. The number of hydrogen-bond acceptors (Lipinski definition) is 4. The SMILES string of the molecule is CN(CC(=O)N(Cc1ccc(Cl)cc1Cl)[C@@H](Cc1ccccc1)C(=O)NC(C)(C)C)S(=O)(=O)c1ccc(Cl)cc1. The van der Waals surface area contributed by atoms with E-state index in [1.165, 1.54) is 36.2 Å². The van der Waals surface area contributed by atoms with Crippen LogP contribution in [0, 0.1) is 0 Å². The molecule has 3 aromatic carbocycles. The van der Waals surface area contributed by atoms with Crippen LogP contribution in [0.1, 0.15) is 31.9 Å². The van der Waals surface area contributed by atoms with Crippen molar-refractivity contribution in [3.8, 4) is 0 Å². The lowest BCUT2D eigenvalue weighted by Crippen LogP contribution is -2.56. The van der Waals surface area contributed by atoms with Crippen LogP contribution < -0.4 is 5.32 Å². The maximum Gasteiger partial charge on any atom is 0.243 e. The molecule has 0 spiro atoms. The molecule has 214 valence electrons. The van der Waals surface area contributed by atoms with Gasteiger partial charge in [0, 0.05) is 40.6 Å². The first-order valence-corrected chi connectivity index (χ1v) is 15.1. The van der Waals surface area contributed by atoms with Gasteiger partial charge in [-0.25, -0.2) is 8.42 Å². The van der Waals surface area contributed by atoms with Gasteiger partial charge in [0.05, 0.1) is 11.4 Å². The summed E-state index contributed by atoms with van der Waals surface area (Å²) in [5, 5.41) is 4.10. The van der Waals surface area contributed by atoms with Crippen molar-refractivity contribution in [2.45, 2.75) is 50.2 Å². The molecule has 0 aliphatic rings. The Morgan fingerprint density at radius 2 is 1.50 bits per heavy atom. The van der Waals surface area contributed by atoms with Crippen LogP contribution in [0.25, 0.3) is 0 Å². The molecule has 0 fully saturated rings. The third-order valence-electron chi connectivity index (χ3n) is 6.00. The minimum atomic E-state index is -4.02. The van der Waals surface area contributed by atoms with Crippen LogP contribution in [0.4, 0.5) is 0 Å². The maximum atomic E-state index is 13.9. The molecule has 3 rings (SSSR count). The number of hydrogen-bond donors (Lipinski definition) is 1. The fourth-order valence-electron chi connectivity index (χ4n) is 3.99. The fraction of sp³-hybridized carbons (Fsp3) is 0.310. The van der Waals surface area contributed by atoms with Crippen LogP contribution >= 0.6 is 34.8 Å². The molecule has 2 amide bonds. The van der Waals surface area contributed by atoms with Gasteiger partial charge >= 0.3 is 0 Å². The predicted octanol–water partition coefficient (Wildman–Crippen LogP) is 5.82. The zero-order valence-corrected chi connectivity index (χ0v) is 25.8. The maximum absolute atomic E-state index is 13.9. The Hall–Kier alpha value is -2.62. The highest BCUT2D eigenvalue weighted by Gasteiger charge is 2.34. The van der Waals surface area contributed by atoms with E-state index in [0.717, 1.165) is 9.87 Å². The molecule has 3 aromatic rings. The molecule has 0 aromatic heterocycles. The first-order chi connectivity index (χ1) is 18.7. The summed E-state index contributed by atoms with van der Waals surface area (Å²) >= 11 is 18.5. The summed E-state index contributed by atoms with van der Waals surface area (Å²) in [7, 11) is -2.71. The zero-order valence-electron chi connectivity index (χ0n) is 22.7. The molecular weight excluding hydrogens is 593 g/mol. The van der Waals surface area contributed by atoms with E-state index in [4.69, 9.17) is 34.8 Å². The Morgan fingerprint density at radius 3 is 2.08 bits per heavy atom. The van der Waals surface area contributed by atoms with Gasteiger partial charge in [0.15, 0.2) is 0 Å². The molecule has 0 saturated carbocycles. The van der Waals surface area contributed by atoms with Crippen LogP contribution in [0.15, 0.2) is 77.7 Å². The van der Waals surface area contributed by atoms with E-state index in [9.17, 15) is 18.0 Å². The van der Waals surface area contributed by atoms with Gasteiger partial charge in [-0.1, -0.05) is 71.2 Å². The molecule has 0 bridgehead atoms. The lowest BCUT2D eigenvalue weighted by molar-refractivity contribution is -0.141. The quantitative estimate of drug-likeness (QED) is 0.308. The molecule has 0 heterocycles. The molecule has 1 atom stereocenters. The summed E-state index contributed by atoms with van der Waals surface area (Å²) < 4.78 is 27.4. The van der Waals surface area contributed by atoms with E-state index < -0.39 is 34.1 Å². The summed E-state index contributed by atoms with van der Waals surface area (Å²) in [4.78, 5) is 29.0. The van der Waals surface area contributed by atoms with Crippen LogP contribution in [0.3, 0.4) is 0 Å². The van der Waals surface area contributed by atoms with Gasteiger partial charge in [-0.05, 0) is 68.3 Å². The first-order valence-electron chi connectivity index (χ1n) is 12.5. The first kappa shape index (κ1) is 31.9. The average molecular weight is 625 g/mol. The van der Waals surface area contributed by atoms with E-state index in [2.05, 4.69) is 5.32 Å². The number of carbonyl (C=O) groups is 2. The molecule has 0 saturated heterocycles. The number of sulfonamides is 1. The largest absolute Gasteiger partial charge is 0.350 e. The Morgan fingerprint density at radius 1 is 0.900 bits per heavy atom. The molecule has 0 aliphatic heterocycles. The molecule has 7 nitrogen and oxygen atoms in total. The Balaban J connectivity index is 2.02. The molecule has 11 heteroatoms. The number of nitrogens with one attached hydrogen (secondary N) is 1. The van der Waals surface area contributed by atoms with Crippen molar-refractivity contribution in [3.63, 3.8) is 0 Å². The number of rotatable bonds is 10. The van der Waals surface area contributed by atoms with Crippen LogP contribution in [-0.2, 0) is 32.6 Å². The van der Waals surface area contributed by atoms with Crippen molar-refractivity contribution in [3.05, 3.63) is 99.0 Å². The third-order valence-corrected chi connectivity index (χ3v) is 8.66. The van der Waals surface area contributed by atoms with Gasteiger partial charge in [-0.2, -0.15) is 4.31 Å². The van der Waals surface area contributed by atoms with Crippen molar-refractivity contribution in [1.29, 1.82) is 0 Å². The van der Waals surface area contributed by atoms with Crippen molar-refractivity contribution in [2.75, 3.05) is 13.6 Å². The van der Waals surface area contributed by atoms with Crippen LogP contribution in [0.2, 0.25) is 15.1 Å². The Bertz CT molecular complexity index is 1440. The molecular formula is C29H32Cl3N3O4S. The third kappa shape index (κ3) is 8.69. The average Bonchev–Trinajstić information content (AvgIpc) is 2.87. The van der Waals surface area contributed by atoms with Crippen molar-refractivity contribution in [2.24, 2.45) is 0 Å². The second kappa shape index (κ2) is 13.4. The van der Waals surface area contributed by atoms with E-state index >= 15 is 0 Å². The number of benzene rings is 3. The second-order valence-electron chi connectivity index (χ2n) is 10.4. The van der Waals surface area contributed by atoms with Gasteiger partial charge in [0.1, 0.15) is 6.04 Å². The topological polar surface area (TPSA) is 86.8 Å². The van der Waals surface area contributed by atoms with Gasteiger partial charge in [-0.3, -0.25) is 9.59 Å². The number of halogens is 3. The van der Waals surface area contributed by atoms with E-state index in [1.54, 1.807) is 18.2 Å². The monoisotopic (exact) mass is 623 g/mol. The normalized spacial score (nSPS) is 12.7. The molecule has 0 aliphatic carbocycles. The van der Waals surface area contributed by atoms with Gasteiger partial charge in [-0.15, -0.1) is 0 Å². The van der Waals surface area contributed by atoms with Crippen LogP contribution in [-0.4, -0.2) is 54.6 Å². The lowest BCUT2D eigenvalue weighted by atomic mass is 10.0. The number of nitrogens with zero attached hydrogens (tertiary/aromatic N) is 2. The predicted molar refractivity (Wildman–Crippen MR) is 160 cm³/mol. The number of likely N-dealkylation sites (N-methyl/N-ethyl adjacent to an activating group) is 1. The highest BCUT2D eigenvalue weighted by atomic mass is 35.5. The number of carbonyl (C=O) groups excluding carboxylic acids is 2. The van der Waals surface area contributed by atoms with Crippen molar-refractivity contribution in [1.82, 2.24) is 14.5 Å². The molecule has 40 heavy (non-hydrogen) atoms. The minimum Gasteiger partial charge on any atom is -0.350 e. The summed E-state index contributed by atoms with van der Waals surface area (Å²) in [6.45, 7) is 4.99. The standard InChI is InChI=1S/C29H32Cl3N3O4S/c1-29(2,3)33-28(37)26(16-20-8-6-5-7-9-20)35(18-21-10-11-23(31)17-25(21)32)27(36)19-34(4)40(38,39)24-14-12-22(30)13-15-24/h5-15,17,26H,16,18-19H2,1-4H3,(H,33,37)/t26-/m0/s1. The minimum absolute atomic E-state index is 0.00851. The Labute approximate surface area is 251 Å². The van der Waals surface area contributed by atoms with Gasteiger partial charge in [0.2, 0.25) is 21.8 Å². The lowest BCUT2D eigenvalue weighted by Gasteiger charge is -2.34. The smallest absolute Gasteiger partial charge is 0.243 e. The molecule has 1 N–H and O–H groups in total. The summed E-state index contributed by atoms with van der Waals surface area (Å²) in [5.41, 5.74) is 0.816. The molecule has 0 unspecified atom stereocenters. The Kier molecular flexibility index (Phi) is 10.7. The van der Waals surface area contributed by atoms with Gasteiger partial charge < -0.3 is 10.2 Å². The van der Waals surface area contributed by atoms with Gasteiger partial charge in [0.25, 0.3) is 0 Å². The highest BCUT2D eigenvalue weighted by Crippen LogP contribution is 2.25. The van der Waals surface area contributed by atoms with E-state index in [0.29, 0.717) is 20.6 Å². The summed E-state index contributed by atoms with van der Waals surface area (Å²) in [6.07, 6.45) is 0.202. The van der Waals surface area contributed by atoms with Crippen molar-refractivity contribution < 1.29 is 18.0 Å². The van der Waals surface area contributed by atoms with E-state index in [1.807, 2.05) is 51.1 Å². The number of amides is 2. The van der Waals surface area contributed by atoms with Crippen LogP contribution in [0.5, 0.6) is 0 Å². The fourth-order valence-corrected chi connectivity index (χ4v) is 5.71. The second-order valence-corrected chi connectivity index (χ2v) is 13.7. The molecule has 0 radical (unpaired) electrons. The highest BCUT2D eigenvalue weighted by molar-refractivity contribution is 7.89. The summed E-state index contributed by atoms with van der Waals surface area (Å²) in [6, 6.07) is 18.9. The van der Waals surface area contributed by atoms with E-state index in [-0.39, 0.29) is 23.8 Å². The zero-order chi connectivity index (χ0) is 29.7. The van der Waals surface area contributed by atoms with Crippen molar-refractivity contribution >= 4 is 56.6 Å².